The van der Waals surface area contributed by atoms with E-state index in [1.165, 1.54) is 12.2 Å². The molecule has 2 nitrogen and oxygen atoms in total. The number of carbonyl (C=O) groups excluding carboxylic acids is 1. The highest BCUT2D eigenvalue weighted by Gasteiger charge is 2.22. The molecule has 27 heavy (non-hydrogen) atoms. The third kappa shape index (κ3) is 7.08. The van der Waals surface area contributed by atoms with Crippen LogP contribution >= 0.6 is 12.2 Å². The number of hydrogen-bond donors (Lipinski definition) is 0. The number of thiocarbonyl (C=S) groups is 1. The lowest BCUT2D eigenvalue weighted by molar-refractivity contribution is -0.300. The van der Waals surface area contributed by atoms with Crippen LogP contribution in [-0.4, -0.2) is 10.6 Å². The van der Waals surface area contributed by atoms with Crippen LogP contribution in [0.3, 0.4) is 0 Å². The van der Waals surface area contributed by atoms with E-state index in [1.54, 1.807) is 19.1 Å². The molecule has 0 N–H and O–H groups in total. The van der Waals surface area contributed by atoms with Crippen molar-refractivity contribution in [2.45, 2.75) is 35.6 Å². The number of hydrogen-bond acceptors (Lipinski definition) is 4. The largest absolute Gasteiger partial charge is 0.871 e. The van der Waals surface area contributed by atoms with Gasteiger partial charge in [0, 0.05) is 16.0 Å². The van der Waals surface area contributed by atoms with Gasteiger partial charge in [-0.3, -0.25) is 4.79 Å². The van der Waals surface area contributed by atoms with Gasteiger partial charge in [0.25, 0.3) is 0 Å². The van der Waals surface area contributed by atoms with Crippen LogP contribution in [0.25, 0.3) is 0 Å². The first kappa shape index (κ1) is 29.5. The summed E-state index contributed by atoms with van der Waals surface area (Å²) in [5, 5.41) is 10.8. The van der Waals surface area contributed by atoms with Gasteiger partial charge in [0.2, 0.25) is 0 Å². The van der Waals surface area contributed by atoms with Crippen LogP contribution in [0, 0.1) is 0 Å². The molecule has 0 aromatic carbocycles. The van der Waals surface area contributed by atoms with Crippen LogP contribution < -0.4 is 5.11 Å². The van der Waals surface area contributed by atoms with Gasteiger partial charge >= 0.3 is 0 Å². The Labute approximate surface area is 176 Å². The first-order valence-corrected chi connectivity index (χ1v) is 8.41. The maximum atomic E-state index is 10.8. The molecule has 0 saturated carbocycles. The monoisotopic (exact) mass is 402 g/mol. The molecular weight excluding hydrogens is 372 g/mol. The lowest BCUT2D eigenvalue weighted by Crippen LogP contribution is -2.28. The molecule has 2 aliphatic rings. The van der Waals surface area contributed by atoms with Gasteiger partial charge in [0.05, 0.1) is 0 Å². The standard InChI is InChI=1S/C8H8O2.C8H8S2.C5H8.2CH4/c2*1-3-5-7(9)6(4-2)8(5)10;1-3-5-4-2;;/h2*3-4,9H,1H2,2H3;3-5H,1H2,2H3;2*1H4/p-2/b;;5-4+;;. The lowest BCUT2D eigenvalue weighted by atomic mass is 9.88. The molecule has 0 heterocycles. The summed E-state index contributed by atoms with van der Waals surface area (Å²) >= 11 is 10.1. The van der Waals surface area contributed by atoms with Crippen molar-refractivity contribution in [1.82, 2.24) is 0 Å². The molecule has 148 valence electrons. The third-order valence-electron chi connectivity index (χ3n) is 3.27. The van der Waals surface area contributed by atoms with Crippen LogP contribution in [0.1, 0.15) is 35.6 Å². The zero-order valence-electron chi connectivity index (χ0n) is 14.8. The maximum Gasteiger partial charge on any atom is 0.191 e. The summed E-state index contributed by atoms with van der Waals surface area (Å²) in [7, 11) is 0. The zero-order valence-corrected chi connectivity index (χ0v) is 16.4. The fourth-order valence-electron chi connectivity index (χ4n) is 1.90. The highest BCUT2D eigenvalue weighted by Crippen LogP contribution is 2.30. The fraction of sp³-hybridized carbons (Fsp3) is 0.217. The normalized spacial score (nSPS) is 17.4. The zero-order chi connectivity index (χ0) is 19.6. The number of carbonyl (C=O) groups is 1. The molecule has 0 spiro atoms. The molecule has 0 unspecified atom stereocenters. The Morgan fingerprint density at radius 1 is 0.963 bits per heavy atom. The minimum absolute atomic E-state index is 0. The molecule has 0 fully saturated rings. The predicted molar refractivity (Wildman–Crippen MR) is 125 cm³/mol. The van der Waals surface area contributed by atoms with Gasteiger partial charge in [0.15, 0.2) is 5.78 Å². The molecule has 0 radical (unpaired) electrons. The molecule has 4 heteroatoms. The maximum absolute atomic E-state index is 10.8. The van der Waals surface area contributed by atoms with Gasteiger partial charge in [-0.25, -0.2) is 0 Å². The summed E-state index contributed by atoms with van der Waals surface area (Å²) < 4.78 is 0. The number of allylic oxidation sites excluding steroid dienone is 11. The number of rotatable bonds is 3. The predicted octanol–water partition coefficient (Wildman–Crippen LogP) is 5.64. The van der Waals surface area contributed by atoms with E-state index in [9.17, 15) is 9.90 Å². The Morgan fingerprint density at radius 3 is 1.67 bits per heavy atom. The summed E-state index contributed by atoms with van der Waals surface area (Å²) in [5.74, 6) is -0.356. The van der Waals surface area contributed by atoms with E-state index in [-0.39, 0.29) is 37.5 Å². The van der Waals surface area contributed by atoms with Crippen LogP contribution in [0.5, 0.6) is 0 Å². The average Bonchev–Trinajstić information content (AvgIpc) is 2.59. The summed E-state index contributed by atoms with van der Waals surface area (Å²) in [6, 6.07) is 0. The SMILES string of the molecule is C.C.C=C/C=C/C.C=CC1=C([O-])C(=CC)C1=O.C=CC1=C([S-])C(=CC)C1=S. The van der Waals surface area contributed by atoms with E-state index in [0.717, 1.165) is 20.9 Å². The third-order valence-corrected chi connectivity index (χ3v) is 4.15. The lowest BCUT2D eigenvalue weighted by Gasteiger charge is -2.31. The number of Topliss-reactive ketones (excluding diaryl/α,β-unsaturated/α-hetero) is 1. The Hall–Kier alpha value is -2.30. The highest BCUT2D eigenvalue weighted by atomic mass is 32.1. The van der Waals surface area contributed by atoms with Crippen LogP contribution in [0.4, 0.5) is 0 Å². The van der Waals surface area contributed by atoms with Crippen molar-refractivity contribution in [1.29, 1.82) is 0 Å². The van der Waals surface area contributed by atoms with E-state index in [4.69, 9.17) is 24.8 Å². The molecule has 0 aliphatic heterocycles. The molecule has 0 amide bonds. The summed E-state index contributed by atoms with van der Waals surface area (Å²) in [6.07, 6.45) is 12.1. The molecule has 0 aromatic rings. The van der Waals surface area contributed by atoms with Crippen molar-refractivity contribution in [3.05, 3.63) is 95.2 Å². The average molecular weight is 403 g/mol. The van der Waals surface area contributed by atoms with Crippen molar-refractivity contribution < 1.29 is 9.90 Å². The summed E-state index contributed by atoms with van der Waals surface area (Å²) in [5.41, 5.74) is 2.49. The molecular formula is C23H30O2S2-2. The van der Waals surface area contributed by atoms with E-state index >= 15 is 0 Å². The molecule has 0 bridgehead atoms. The summed E-state index contributed by atoms with van der Waals surface area (Å²) in [6.45, 7) is 16.0. The van der Waals surface area contributed by atoms with Crippen molar-refractivity contribution in [2.24, 2.45) is 0 Å². The van der Waals surface area contributed by atoms with Gasteiger partial charge < -0.3 is 17.7 Å². The van der Waals surface area contributed by atoms with Crippen molar-refractivity contribution in [3.63, 3.8) is 0 Å². The topological polar surface area (TPSA) is 40.1 Å². The van der Waals surface area contributed by atoms with Crippen molar-refractivity contribution in [2.75, 3.05) is 0 Å². The Balaban J connectivity index is -0.000000326. The van der Waals surface area contributed by atoms with Crippen molar-refractivity contribution in [3.8, 4) is 0 Å². The van der Waals surface area contributed by atoms with E-state index < -0.39 is 0 Å². The smallest absolute Gasteiger partial charge is 0.191 e. The quantitative estimate of drug-likeness (QED) is 0.265. The molecule has 0 aromatic heterocycles. The van der Waals surface area contributed by atoms with E-state index in [0.29, 0.717) is 0 Å². The second-order valence-electron chi connectivity index (χ2n) is 4.72. The Morgan fingerprint density at radius 2 is 1.44 bits per heavy atom. The summed E-state index contributed by atoms with van der Waals surface area (Å²) in [4.78, 5) is 12.6. The van der Waals surface area contributed by atoms with Gasteiger partial charge in [-0.1, -0.05) is 95.1 Å². The van der Waals surface area contributed by atoms with Gasteiger partial charge in [-0.05, 0) is 31.9 Å². The van der Waals surface area contributed by atoms with Gasteiger partial charge in [-0.2, -0.15) is 4.91 Å². The first-order valence-electron chi connectivity index (χ1n) is 7.59. The van der Waals surface area contributed by atoms with E-state index in [1.807, 2.05) is 32.1 Å². The van der Waals surface area contributed by atoms with Crippen molar-refractivity contribution >= 4 is 35.5 Å². The number of ketones is 1. The highest BCUT2D eigenvalue weighted by molar-refractivity contribution is 7.82. The minimum atomic E-state index is -0.178. The van der Waals surface area contributed by atoms with Crippen LogP contribution in [-0.2, 0) is 17.4 Å². The second-order valence-corrected chi connectivity index (χ2v) is 5.53. The Kier molecular flexibility index (Phi) is 16.2. The van der Waals surface area contributed by atoms with Gasteiger partial charge in [-0.15, -0.1) is 0 Å². The molecule has 2 rings (SSSR count). The van der Waals surface area contributed by atoms with Crippen LogP contribution in [0.2, 0.25) is 0 Å². The van der Waals surface area contributed by atoms with Crippen LogP contribution in [0.15, 0.2) is 95.2 Å². The van der Waals surface area contributed by atoms with Gasteiger partial charge in [0.1, 0.15) is 0 Å². The first-order chi connectivity index (χ1) is 11.9. The molecule has 0 atom stereocenters. The molecule has 2 aliphatic carbocycles. The Bertz CT molecular complexity index is 686. The minimum Gasteiger partial charge on any atom is -0.871 e. The van der Waals surface area contributed by atoms with E-state index in [2.05, 4.69) is 19.7 Å². The molecule has 0 saturated heterocycles. The fourth-order valence-corrected chi connectivity index (χ4v) is 2.84. The second kappa shape index (κ2) is 14.8.